The maximum atomic E-state index is 12.9. The molecule has 126 valence electrons. The Balaban J connectivity index is 1.59. The van der Waals surface area contributed by atoms with E-state index in [0.29, 0.717) is 48.0 Å². The van der Waals surface area contributed by atoms with Crippen molar-refractivity contribution in [3.05, 3.63) is 59.1 Å². The molecular weight excluding hydrogens is 318 g/mol. The SMILES string of the molecule is Cc1nc(-c2ccco2)ccc1C(=O)N1CCc2nnc(N)cc2C1. The highest BCUT2D eigenvalue weighted by Crippen LogP contribution is 2.23. The predicted molar refractivity (Wildman–Crippen MR) is 91.6 cm³/mol. The van der Waals surface area contributed by atoms with Gasteiger partial charge in [-0.2, -0.15) is 5.10 Å². The van der Waals surface area contributed by atoms with E-state index in [1.54, 1.807) is 29.4 Å². The van der Waals surface area contributed by atoms with Gasteiger partial charge < -0.3 is 15.1 Å². The topological polar surface area (TPSA) is 98.1 Å². The van der Waals surface area contributed by atoms with Crippen LogP contribution in [-0.2, 0) is 13.0 Å². The number of aryl methyl sites for hydroxylation is 1. The van der Waals surface area contributed by atoms with E-state index in [-0.39, 0.29) is 5.91 Å². The maximum absolute atomic E-state index is 12.9. The van der Waals surface area contributed by atoms with Gasteiger partial charge in [0.1, 0.15) is 11.5 Å². The van der Waals surface area contributed by atoms with Gasteiger partial charge in [0, 0.05) is 19.5 Å². The van der Waals surface area contributed by atoms with Gasteiger partial charge in [0.15, 0.2) is 5.76 Å². The zero-order valence-corrected chi connectivity index (χ0v) is 13.8. The highest BCUT2D eigenvalue weighted by Gasteiger charge is 2.24. The van der Waals surface area contributed by atoms with E-state index in [1.807, 2.05) is 19.1 Å². The molecule has 3 aromatic heterocycles. The Morgan fingerprint density at radius 2 is 2.16 bits per heavy atom. The first-order valence-electron chi connectivity index (χ1n) is 8.03. The highest BCUT2D eigenvalue weighted by atomic mass is 16.3. The molecule has 25 heavy (non-hydrogen) atoms. The molecule has 1 aliphatic rings. The molecule has 1 aliphatic heterocycles. The molecule has 2 N–H and O–H groups in total. The fourth-order valence-corrected chi connectivity index (χ4v) is 3.04. The molecule has 0 atom stereocenters. The standard InChI is InChI=1S/C18H17N5O2/c1-11-13(4-5-15(20-11)16-3-2-8-25-16)18(24)23-7-6-14-12(10-23)9-17(19)22-21-14/h2-5,8-9H,6-7,10H2,1H3,(H2,19,22). The van der Waals surface area contributed by atoms with Crippen molar-refractivity contribution in [3.63, 3.8) is 0 Å². The van der Waals surface area contributed by atoms with E-state index in [9.17, 15) is 4.79 Å². The number of nitrogens with two attached hydrogens (primary N) is 1. The summed E-state index contributed by atoms with van der Waals surface area (Å²) >= 11 is 0. The normalized spacial score (nSPS) is 13.6. The molecule has 4 rings (SSSR count). The molecule has 7 heteroatoms. The van der Waals surface area contributed by atoms with Crippen LogP contribution in [0.5, 0.6) is 0 Å². The van der Waals surface area contributed by atoms with Gasteiger partial charge in [-0.3, -0.25) is 4.79 Å². The second-order valence-corrected chi connectivity index (χ2v) is 6.02. The summed E-state index contributed by atoms with van der Waals surface area (Å²) in [5, 5.41) is 7.98. The van der Waals surface area contributed by atoms with Crippen molar-refractivity contribution < 1.29 is 9.21 Å². The van der Waals surface area contributed by atoms with Gasteiger partial charge >= 0.3 is 0 Å². The van der Waals surface area contributed by atoms with Crippen LogP contribution in [0.1, 0.15) is 27.3 Å². The second-order valence-electron chi connectivity index (χ2n) is 6.02. The molecule has 0 spiro atoms. The first kappa shape index (κ1) is 15.3. The Kier molecular flexibility index (Phi) is 3.68. The van der Waals surface area contributed by atoms with Crippen LogP contribution in [0, 0.1) is 6.92 Å². The lowest BCUT2D eigenvalue weighted by molar-refractivity contribution is 0.0732. The number of fused-ring (bicyclic) bond motifs is 1. The van der Waals surface area contributed by atoms with Gasteiger partial charge in [0.2, 0.25) is 0 Å². The third kappa shape index (κ3) is 2.84. The van der Waals surface area contributed by atoms with Crippen LogP contribution in [-0.4, -0.2) is 32.5 Å². The van der Waals surface area contributed by atoms with E-state index in [4.69, 9.17) is 10.2 Å². The minimum atomic E-state index is -0.0444. The van der Waals surface area contributed by atoms with Gasteiger partial charge in [-0.1, -0.05) is 0 Å². The quantitative estimate of drug-likeness (QED) is 0.771. The number of anilines is 1. The Bertz CT molecular complexity index is 937. The third-order valence-corrected chi connectivity index (χ3v) is 4.34. The Hall–Kier alpha value is -3.22. The fourth-order valence-electron chi connectivity index (χ4n) is 3.04. The summed E-state index contributed by atoms with van der Waals surface area (Å²) in [5.41, 5.74) is 9.54. The van der Waals surface area contributed by atoms with Crippen LogP contribution in [0.25, 0.3) is 11.5 Å². The van der Waals surface area contributed by atoms with E-state index < -0.39 is 0 Å². The monoisotopic (exact) mass is 335 g/mol. The number of aromatic nitrogens is 3. The lowest BCUT2D eigenvalue weighted by Gasteiger charge is -2.28. The lowest BCUT2D eigenvalue weighted by Crippen LogP contribution is -2.37. The smallest absolute Gasteiger partial charge is 0.256 e. The maximum Gasteiger partial charge on any atom is 0.256 e. The first-order chi connectivity index (χ1) is 12.1. The van der Waals surface area contributed by atoms with Gasteiger partial charge in [0.05, 0.1) is 23.2 Å². The molecule has 0 aliphatic carbocycles. The van der Waals surface area contributed by atoms with Crippen LogP contribution in [0.4, 0.5) is 5.82 Å². The molecule has 0 bridgehead atoms. The summed E-state index contributed by atoms with van der Waals surface area (Å²) in [6, 6.07) is 9.05. The molecular formula is C18H17N5O2. The van der Waals surface area contributed by atoms with E-state index in [0.717, 1.165) is 11.3 Å². The minimum absolute atomic E-state index is 0.0444. The van der Waals surface area contributed by atoms with Crippen LogP contribution >= 0.6 is 0 Å². The number of hydrogen-bond acceptors (Lipinski definition) is 6. The average Bonchev–Trinajstić information content (AvgIpc) is 3.15. The van der Waals surface area contributed by atoms with Crippen LogP contribution in [0.15, 0.2) is 41.0 Å². The van der Waals surface area contributed by atoms with Crippen LogP contribution < -0.4 is 5.73 Å². The summed E-state index contributed by atoms with van der Waals surface area (Å²) in [6.07, 6.45) is 2.27. The number of amides is 1. The molecule has 7 nitrogen and oxygen atoms in total. The predicted octanol–water partition coefficient (Wildman–Crippen LogP) is 2.22. The zero-order chi connectivity index (χ0) is 17.4. The summed E-state index contributed by atoms with van der Waals surface area (Å²) in [5.74, 6) is 1.01. The van der Waals surface area contributed by atoms with Crippen molar-refractivity contribution in [2.45, 2.75) is 19.9 Å². The zero-order valence-electron chi connectivity index (χ0n) is 13.8. The van der Waals surface area contributed by atoms with Crippen LogP contribution in [0.3, 0.4) is 0 Å². The summed E-state index contributed by atoms with van der Waals surface area (Å²) < 4.78 is 5.36. The molecule has 0 radical (unpaired) electrons. The molecule has 0 saturated carbocycles. The second kappa shape index (κ2) is 6.01. The van der Waals surface area contributed by atoms with Crippen molar-refractivity contribution in [2.24, 2.45) is 0 Å². The molecule has 0 unspecified atom stereocenters. The van der Waals surface area contributed by atoms with Gasteiger partial charge in [-0.05, 0) is 42.8 Å². The Morgan fingerprint density at radius 1 is 1.28 bits per heavy atom. The van der Waals surface area contributed by atoms with Crippen molar-refractivity contribution >= 4 is 11.7 Å². The number of carbonyl (C=O) groups excluding carboxylic acids is 1. The third-order valence-electron chi connectivity index (χ3n) is 4.34. The van der Waals surface area contributed by atoms with E-state index in [2.05, 4.69) is 15.2 Å². The van der Waals surface area contributed by atoms with Crippen molar-refractivity contribution in [3.8, 4) is 11.5 Å². The summed E-state index contributed by atoms with van der Waals surface area (Å²) in [7, 11) is 0. The van der Waals surface area contributed by atoms with Crippen molar-refractivity contribution in [1.29, 1.82) is 0 Å². The lowest BCUT2D eigenvalue weighted by atomic mass is 10.0. The fraction of sp³-hybridized carbons (Fsp3) is 0.222. The number of furan rings is 1. The van der Waals surface area contributed by atoms with Crippen molar-refractivity contribution in [2.75, 3.05) is 12.3 Å². The average molecular weight is 335 g/mol. The van der Waals surface area contributed by atoms with Gasteiger partial charge in [-0.15, -0.1) is 5.10 Å². The molecule has 1 amide bonds. The van der Waals surface area contributed by atoms with E-state index in [1.165, 1.54) is 0 Å². The highest BCUT2D eigenvalue weighted by molar-refractivity contribution is 5.95. The van der Waals surface area contributed by atoms with Crippen LogP contribution in [0.2, 0.25) is 0 Å². The van der Waals surface area contributed by atoms with Gasteiger partial charge in [-0.25, -0.2) is 4.98 Å². The summed E-state index contributed by atoms with van der Waals surface area (Å²) in [6.45, 7) is 2.91. The molecule has 0 fully saturated rings. The molecule has 0 saturated heterocycles. The summed E-state index contributed by atoms with van der Waals surface area (Å²) in [4.78, 5) is 19.2. The Morgan fingerprint density at radius 3 is 2.92 bits per heavy atom. The number of nitrogens with zero attached hydrogens (tertiary/aromatic N) is 4. The molecule has 0 aromatic carbocycles. The van der Waals surface area contributed by atoms with Gasteiger partial charge in [0.25, 0.3) is 5.91 Å². The molecule has 3 aromatic rings. The largest absolute Gasteiger partial charge is 0.463 e. The minimum Gasteiger partial charge on any atom is -0.463 e. The first-order valence-corrected chi connectivity index (χ1v) is 8.03. The van der Waals surface area contributed by atoms with Crippen molar-refractivity contribution in [1.82, 2.24) is 20.1 Å². The number of carbonyl (C=O) groups is 1. The number of rotatable bonds is 2. The number of hydrogen-bond donors (Lipinski definition) is 1. The Labute approximate surface area is 144 Å². The number of pyridine rings is 1. The molecule has 4 heterocycles. The van der Waals surface area contributed by atoms with E-state index >= 15 is 0 Å². The number of nitrogen functional groups attached to an aromatic ring is 1.